The second-order valence-electron chi connectivity index (χ2n) is 5.32. The van der Waals surface area contributed by atoms with Gasteiger partial charge in [0.05, 0.1) is 11.6 Å². The topological polar surface area (TPSA) is 44.1 Å². The number of rotatable bonds is 4. The van der Waals surface area contributed by atoms with Crippen molar-refractivity contribution in [3.8, 4) is 6.07 Å². The van der Waals surface area contributed by atoms with Gasteiger partial charge < -0.3 is 4.90 Å². The lowest BCUT2D eigenvalue weighted by Crippen LogP contribution is -2.45. The van der Waals surface area contributed by atoms with Gasteiger partial charge in [-0.1, -0.05) is 6.07 Å². The molecule has 0 heterocycles. The third-order valence-electron chi connectivity index (χ3n) is 3.64. The Hall–Kier alpha value is -2.03. The fraction of sp³-hybridized carbons (Fsp3) is 0.467. The Kier molecular flexibility index (Phi) is 4.21. The molecule has 1 unspecified atom stereocenters. The molecule has 0 aliphatic heterocycles. The third kappa shape index (κ3) is 3.97. The number of hydrogen-bond acceptors (Lipinski definition) is 2. The summed E-state index contributed by atoms with van der Waals surface area (Å²) in [5, 5.41) is 8.82. The number of halogens is 3. The van der Waals surface area contributed by atoms with Crippen LogP contribution in [-0.2, 0) is 0 Å². The van der Waals surface area contributed by atoms with E-state index in [9.17, 15) is 18.0 Å². The molecule has 3 nitrogen and oxygen atoms in total. The molecule has 1 aliphatic carbocycles. The third-order valence-corrected chi connectivity index (χ3v) is 3.64. The molecule has 21 heavy (non-hydrogen) atoms. The van der Waals surface area contributed by atoms with Gasteiger partial charge in [0.15, 0.2) is 0 Å². The molecule has 0 aromatic heterocycles. The number of hydrogen-bond donors (Lipinski definition) is 0. The molecular weight excluding hydrogens is 281 g/mol. The van der Waals surface area contributed by atoms with E-state index < -0.39 is 24.7 Å². The van der Waals surface area contributed by atoms with Gasteiger partial charge >= 0.3 is 6.18 Å². The van der Waals surface area contributed by atoms with Crippen LogP contribution in [0.3, 0.4) is 0 Å². The largest absolute Gasteiger partial charge is 0.406 e. The van der Waals surface area contributed by atoms with Crippen molar-refractivity contribution in [3.63, 3.8) is 0 Å². The molecule has 1 aliphatic rings. The van der Waals surface area contributed by atoms with Gasteiger partial charge in [0.25, 0.3) is 5.91 Å². The summed E-state index contributed by atoms with van der Waals surface area (Å²) in [4.78, 5) is 13.3. The Morgan fingerprint density at radius 1 is 1.48 bits per heavy atom. The lowest BCUT2D eigenvalue weighted by atomic mass is 10.1. The number of amides is 1. The maximum Gasteiger partial charge on any atom is 0.406 e. The highest BCUT2D eigenvalue weighted by molar-refractivity contribution is 5.94. The van der Waals surface area contributed by atoms with Gasteiger partial charge in [-0.3, -0.25) is 4.79 Å². The average molecular weight is 296 g/mol. The molecule has 1 fully saturated rings. The first-order valence-corrected chi connectivity index (χ1v) is 6.69. The van der Waals surface area contributed by atoms with E-state index in [1.165, 1.54) is 24.3 Å². The number of nitrogens with zero attached hydrogens (tertiary/aromatic N) is 2. The predicted molar refractivity (Wildman–Crippen MR) is 70.4 cm³/mol. The smallest absolute Gasteiger partial charge is 0.327 e. The minimum absolute atomic E-state index is 0.116. The second-order valence-corrected chi connectivity index (χ2v) is 5.32. The van der Waals surface area contributed by atoms with Crippen LogP contribution in [0.2, 0.25) is 0 Å². The first kappa shape index (κ1) is 15.4. The van der Waals surface area contributed by atoms with E-state index >= 15 is 0 Å². The van der Waals surface area contributed by atoms with E-state index in [0.29, 0.717) is 0 Å². The lowest BCUT2D eigenvalue weighted by Gasteiger charge is -2.30. The molecule has 0 radical (unpaired) electrons. The summed E-state index contributed by atoms with van der Waals surface area (Å²) < 4.78 is 38.2. The van der Waals surface area contributed by atoms with Crippen molar-refractivity contribution in [1.29, 1.82) is 5.26 Å². The van der Waals surface area contributed by atoms with Crippen molar-refractivity contribution in [2.75, 3.05) is 6.54 Å². The molecule has 0 N–H and O–H groups in total. The van der Waals surface area contributed by atoms with Gasteiger partial charge in [-0.15, -0.1) is 0 Å². The van der Waals surface area contributed by atoms with Crippen LogP contribution in [0.1, 0.15) is 35.7 Å². The van der Waals surface area contributed by atoms with Gasteiger partial charge in [-0.05, 0) is 43.9 Å². The van der Waals surface area contributed by atoms with Gasteiger partial charge in [0, 0.05) is 11.6 Å². The summed E-state index contributed by atoms with van der Waals surface area (Å²) in [6, 6.07) is 7.20. The minimum Gasteiger partial charge on any atom is -0.327 e. The van der Waals surface area contributed by atoms with Crippen LogP contribution in [0.25, 0.3) is 0 Å². The van der Waals surface area contributed by atoms with E-state index in [0.717, 1.165) is 17.7 Å². The van der Waals surface area contributed by atoms with Crippen LogP contribution in [-0.4, -0.2) is 29.6 Å². The number of alkyl halides is 3. The normalized spacial score (nSPS) is 16.1. The molecule has 0 spiro atoms. The number of carbonyl (C=O) groups is 1. The van der Waals surface area contributed by atoms with Gasteiger partial charge in [-0.2, -0.15) is 18.4 Å². The molecule has 0 saturated heterocycles. The highest BCUT2D eigenvalue weighted by Crippen LogP contribution is 2.36. The maximum atomic E-state index is 12.7. The highest BCUT2D eigenvalue weighted by atomic mass is 19.4. The fourth-order valence-corrected chi connectivity index (χ4v) is 2.31. The van der Waals surface area contributed by atoms with Crippen LogP contribution < -0.4 is 0 Å². The summed E-state index contributed by atoms with van der Waals surface area (Å²) in [5.41, 5.74) is 0.373. The van der Waals surface area contributed by atoms with E-state index in [4.69, 9.17) is 5.26 Å². The van der Waals surface area contributed by atoms with E-state index in [1.807, 2.05) is 6.07 Å². The minimum atomic E-state index is -4.44. The van der Waals surface area contributed by atoms with Crippen LogP contribution >= 0.6 is 0 Å². The van der Waals surface area contributed by atoms with Crippen molar-refractivity contribution in [2.45, 2.75) is 32.0 Å². The average Bonchev–Trinajstić information content (AvgIpc) is 3.27. The summed E-state index contributed by atoms with van der Waals surface area (Å²) in [6.07, 6.45) is -2.74. The lowest BCUT2D eigenvalue weighted by molar-refractivity contribution is -0.144. The Morgan fingerprint density at radius 3 is 2.67 bits per heavy atom. The number of benzene rings is 1. The molecule has 0 bridgehead atoms. The van der Waals surface area contributed by atoms with Crippen LogP contribution in [0.4, 0.5) is 13.2 Å². The van der Waals surface area contributed by atoms with Crippen molar-refractivity contribution in [3.05, 3.63) is 35.4 Å². The number of nitriles is 1. The standard InChI is InChI=1S/C15H15F3N2O/c1-10(12-5-6-12)20(9-15(16,17)18)14(21)13-4-2-3-11(7-13)8-19/h2-4,7,10,12H,5-6,9H2,1H3. The molecule has 6 heteroatoms. The first-order chi connectivity index (χ1) is 9.81. The van der Waals surface area contributed by atoms with Crippen molar-refractivity contribution >= 4 is 5.91 Å². The van der Waals surface area contributed by atoms with Crippen LogP contribution in [0.15, 0.2) is 24.3 Å². The van der Waals surface area contributed by atoms with Crippen molar-refractivity contribution < 1.29 is 18.0 Å². The molecule has 1 aromatic rings. The summed E-state index contributed by atoms with van der Waals surface area (Å²) in [6.45, 7) is 0.385. The molecule has 1 aromatic carbocycles. The van der Waals surface area contributed by atoms with Gasteiger partial charge in [-0.25, -0.2) is 0 Å². The molecular formula is C15H15F3N2O. The van der Waals surface area contributed by atoms with Gasteiger partial charge in [0.1, 0.15) is 6.54 Å². The van der Waals surface area contributed by atoms with E-state index in [-0.39, 0.29) is 17.0 Å². The number of carbonyl (C=O) groups excluding carboxylic acids is 1. The fourth-order valence-electron chi connectivity index (χ4n) is 2.31. The monoisotopic (exact) mass is 296 g/mol. The SMILES string of the molecule is CC(C1CC1)N(CC(F)(F)F)C(=O)c1cccc(C#N)c1. The zero-order valence-electron chi connectivity index (χ0n) is 11.5. The molecule has 1 amide bonds. The zero-order chi connectivity index (χ0) is 15.6. The van der Waals surface area contributed by atoms with E-state index in [2.05, 4.69) is 0 Å². The first-order valence-electron chi connectivity index (χ1n) is 6.69. The van der Waals surface area contributed by atoms with Crippen LogP contribution in [0.5, 0.6) is 0 Å². The summed E-state index contributed by atoms with van der Waals surface area (Å²) in [5.74, 6) is -0.542. The van der Waals surface area contributed by atoms with Gasteiger partial charge in [0.2, 0.25) is 0 Å². The maximum absolute atomic E-state index is 12.7. The van der Waals surface area contributed by atoms with E-state index in [1.54, 1.807) is 6.92 Å². The molecule has 1 atom stereocenters. The Morgan fingerprint density at radius 2 is 2.14 bits per heavy atom. The molecule has 1 saturated carbocycles. The quantitative estimate of drug-likeness (QED) is 0.855. The summed E-state index contributed by atoms with van der Waals surface area (Å²) in [7, 11) is 0. The Labute approximate surface area is 121 Å². The molecule has 112 valence electrons. The zero-order valence-corrected chi connectivity index (χ0v) is 11.5. The predicted octanol–water partition coefficient (Wildman–Crippen LogP) is 3.36. The highest BCUT2D eigenvalue weighted by Gasteiger charge is 2.40. The Bertz CT molecular complexity index is 573. The van der Waals surface area contributed by atoms with Crippen molar-refractivity contribution in [1.82, 2.24) is 4.90 Å². The Balaban J connectivity index is 2.26. The molecule has 2 rings (SSSR count). The van der Waals surface area contributed by atoms with Crippen molar-refractivity contribution in [2.24, 2.45) is 5.92 Å². The summed E-state index contributed by atoms with van der Waals surface area (Å²) >= 11 is 0. The second kappa shape index (κ2) is 5.76. The van der Waals surface area contributed by atoms with Crippen LogP contribution in [0, 0.1) is 17.2 Å².